The Hall–Kier alpha value is -1.36. The van der Waals surface area contributed by atoms with E-state index in [0.29, 0.717) is 12.1 Å². The second-order valence-corrected chi connectivity index (χ2v) is 4.21. The number of rotatable bonds is 5. The van der Waals surface area contributed by atoms with Gasteiger partial charge in [-0.25, -0.2) is 0 Å². The predicted octanol–water partition coefficient (Wildman–Crippen LogP) is 0.268. The molecule has 0 spiro atoms. The number of nitrogens with one attached hydrogen (secondary N) is 2. The highest BCUT2D eigenvalue weighted by molar-refractivity contribution is 5.93. The fourth-order valence-corrected chi connectivity index (χ4v) is 1.74. The van der Waals surface area contributed by atoms with Gasteiger partial charge in [-0.05, 0) is 31.2 Å². The van der Waals surface area contributed by atoms with E-state index in [0.717, 1.165) is 13.0 Å². The fourth-order valence-electron chi connectivity index (χ4n) is 1.74. The molecule has 1 aliphatic carbocycles. The van der Waals surface area contributed by atoms with Gasteiger partial charge >= 0.3 is 0 Å². The van der Waals surface area contributed by atoms with Crippen LogP contribution in [0, 0.1) is 5.41 Å². The number of H-pyrrole nitrogens is 1. The SMILES string of the molecule is NCCC1(CNC(=O)c2cn[nH]c2)CC1. The van der Waals surface area contributed by atoms with Crippen molar-refractivity contribution in [1.82, 2.24) is 15.5 Å². The monoisotopic (exact) mass is 208 g/mol. The molecule has 5 heteroatoms. The van der Waals surface area contributed by atoms with E-state index < -0.39 is 0 Å². The molecule has 0 atom stereocenters. The number of nitrogens with two attached hydrogens (primary N) is 1. The maximum atomic E-state index is 11.6. The summed E-state index contributed by atoms with van der Waals surface area (Å²) in [4.78, 5) is 11.6. The predicted molar refractivity (Wildman–Crippen MR) is 56.3 cm³/mol. The minimum Gasteiger partial charge on any atom is -0.351 e. The summed E-state index contributed by atoms with van der Waals surface area (Å²) in [5, 5.41) is 9.27. The van der Waals surface area contributed by atoms with Crippen molar-refractivity contribution in [3.05, 3.63) is 18.0 Å². The fraction of sp³-hybridized carbons (Fsp3) is 0.600. The average molecular weight is 208 g/mol. The number of aromatic amines is 1. The first kappa shape index (κ1) is 10.2. The van der Waals surface area contributed by atoms with Gasteiger partial charge in [0.1, 0.15) is 0 Å². The smallest absolute Gasteiger partial charge is 0.254 e. The molecule has 0 bridgehead atoms. The number of carbonyl (C=O) groups is 1. The van der Waals surface area contributed by atoms with Gasteiger partial charge in [0.05, 0.1) is 11.8 Å². The first-order chi connectivity index (χ1) is 7.26. The van der Waals surface area contributed by atoms with Crippen LogP contribution < -0.4 is 11.1 Å². The third-order valence-corrected chi connectivity index (χ3v) is 3.02. The van der Waals surface area contributed by atoms with Gasteiger partial charge in [0, 0.05) is 12.7 Å². The van der Waals surface area contributed by atoms with Crippen LogP contribution in [0.15, 0.2) is 12.4 Å². The lowest BCUT2D eigenvalue weighted by Gasteiger charge is -2.14. The molecular weight excluding hydrogens is 192 g/mol. The van der Waals surface area contributed by atoms with Gasteiger partial charge in [-0.1, -0.05) is 0 Å². The molecule has 1 aromatic rings. The Labute approximate surface area is 88.4 Å². The van der Waals surface area contributed by atoms with Gasteiger partial charge in [0.25, 0.3) is 5.91 Å². The molecule has 1 heterocycles. The highest BCUT2D eigenvalue weighted by atomic mass is 16.1. The third kappa shape index (κ3) is 2.36. The molecule has 82 valence electrons. The van der Waals surface area contributed by atoms with Crippen molar-refractivity contribution in [2.75, 3.05) is 13.1 Å². The number of hydrogen-bond acceptors (Lipinski definition) is 3. The summed E-state index contributed by atoms with van der Waals surface area (Å²) >= 11 is 0. The molecule has 4 N–H and O–H groups in total. The van der Waals surface area contributed by atoms with Gasteiger partial charge in [-0.15, -0.1) is 0 Å². The summed E-state index contributed by atoms with van der Waals surface area (Å²) in [6, 6.07) is 0. The van der Waals surface area contributed by atoms with Crippen LogP contribution in [0.1, 0.15) is 29.6 Å². The van der Waals surface area contributed by atoms with Crippen LogP contribution in [0.2, 0.25) is 0 Å². The Balaban J connectivity index is 1.81. The van der Waals surface area contributed by atoms with Crippen molar-refractivity contribution < 1.29 is 4.79 Å². The Bertz CT molecular complexity index is 329. The number of aromatic nitrogens is 2. The largest absolute Gasteiger partial charge is 0.351 e. The molecule has 1 saturated carbocycles. The van der Waals surface area contributed by atoms with Crippen molar-refractivity contribution >= 4 is 5.91 Å². The summed E-state index contributed by atoms with van der Waals surface area (Å²) in [6.45, 7) is 1.43. The Morgan fingerprint density at radius 2 is 2.47 bits per heavy atom. The molecule has 0 unspecified atom stereocenters. The Morgan fingerprint density at radius 1 is 1.67 bits per heavy atom. The lowest BCUT2D eigenvalue weighted by molar-refractivity contribution is 0.0944. The van der Waals surface area contributed by atoms with Crippen molar-refractivity contribution in [3.63, 3.8) is 0 Å². The van der Waals surface area contributed by atoms with E-state index in [1.54, 1.807) is 6.20 Å². The molecule has 0 aromatic carbocycles. The summed E-state index contributed by atoms with van der Waals surface area (Å²) in [5.41, 5.74) is 6.40. The molecule has 5 nitrogen and oxygen atoms in total. The summed E-state index contributed by atoms with van der Waals surface area (Å²) < 4.78 is 0. The second-order valence-electron chi connectivity index (χ2n) is 4.21. The second kappa shape index (κ2) is 4.02. The molecule has 1 amide bonds. The quantitative estimate of drug-likeness (QED) is 0.649. The van der Waals surface area contributed by atoms with Crippen molar-refractivity contribution in [1.29, 1.82) is 0 Å². The standard InChI is InChI=1S/C10H16N4O/c11-4-3-10(1-2-10)7-12-9(15)8-5-13-14-6-8/h5-6H,1-4,7,11H2,(H,12,15)(H,13,14). The van der Waals surface area contributed by atoms with E-state index in [9.17, 15) is 4.79 Å². The molecule has 1 aromatic heterocycles. The molecule has 0 radical (unpaired) electrons. The topological polar surface area (TPSA) is 83.8 Å². The Morgan fingerprint density at radius 3 is 3.00 bits per heavy atom. The highest BCUT2D eigenvalue weighted by Gasteiger charge is 2.41. The van der Waals surface area contributed by atoms with E-state index >= 15 is 0 Å². The molecule has 1 fully saturated rings. The van der Waals surface area contributed by atoms with E-state index in [-0.39, 0.29) is 11.3 Å². The molecule has 2 rings (SSSR count). The van der Waals surface area contributed by atoms with E-state index in [1.165, 1.54) is 19.0 Å². The minimum atomic E-state index is -0.0629. The van der Waals surface area contributed by atoms with Crippen LogP contribution in [0.3, 0.4) is 0 Å². The molecule has 0 saturated heterocycles. The number of carbonyl (C=O) groups excluding carboxylic acids is 1. The summed E-state index contributed by atoms with van der Waals surface area (Å²) in [7, 11) is 0. The van der Waals surface area contributed by atoms with Crippen LogP contribution in [-0.4, -0.2) is 29.2 Å². The maximum Gasteiger partial charge on any atom is 0.254 e. The maximum absolute atomic E-state index is 11.6. The summed E-state index contributed by atoms with van der Waals surface area (Å²) in [5.74, 6) is -0.0629. The van der Waals surface area contributed by atoms with Crippen LogP contribution in [0.5, 0.6) is 0 Å². The van der Waals surface area contributed by atoms with Gasteiger partial charge < -0.3 is 11.1 Å². The van der Waals surface area contributed by atoms with Crippen molar-refractivity contribution in [3.8, 4) is 0 Å². The number of nitrogens with zero attached hydrogens (tertiary/aromatic N) is 1. The number of hydrogen-bond donors (Lipinski definition) is 3. The van der Waals surface area contributed by atoms with Gasteiger partial charge in [0.15, 0.2) is 0 Å². The van der Waals surface area contributed by atoms with Gasteiger partial charge in [-0.2, -0.15) is 5.10 Å². The average Bonchev–Trinajstić information content (AvgIpc) is 2.81. The molecular formula is C10H16N4O. The molecule has 0 aliphatic heterocycles. The van der Waals surface area contributed by atoms with Gasteiger partial charge in [-0.3, -0.25) is 9.89 Å². The van der Waals surface area contributed by atoms with E-state index in [1.807, 2.05) is 0 Å². The normalized spacial score (nSPS) is 17.4. The lowest BCUT2D eigenvalue weighted by atomic mass is 10.0. The zero-order valence-electron chi connectivity index (χ0n) is 8.62. The Kier molecular flexibility index (Phi) is 2.73. The summed E-state index contributed by atoms with van der Waals surface area (Å²) in [6.07, 6.45) is 6.47. The van der Waals surface area contributed by atoms with Crippen LogP contribution in [-0.2, 0) is 0 Å². The van der Waals surface area contributed by atoms with E-state index in [4.69, 9.17) is 5.73 Å². The van der Waals surface area contributed by atoms with Gasteiger partial charge in [0.2, 0.25) is 0 Å². The third-order valence-electron chi connectivity index (χ3n) is 3.02. The van der Waals surface area contributed by atoms with Crippen molar-refractivity contribution in [2.45, 2.75) is 19.3 Å². The number of amides is 1. The highest BCUT2D eigenvalue weighted by Crippen LogP contribution is 2.47. The van der Waals surface area contributed by atoms with Crippen LogP contribution in [0.25, 0.3) is 0 Å². The van der Waals surface area contributed by atoms with E-state index in [2.05, 4.69) is 15.5 Å². The minimum absolute atomic E-state index is 0.0629. The molecule has 15 heavy (non-hydrogen) atoms. The zero-order valence-corrected chi connectivity index (χ0v) is 8.62. The lowest BCUT2D eigenvalue weighted by Crippen LogP contribution is -2.31. The molecule has 1 aliphatic rings. The first-order valence-corrected chi connectivity index (χ1v) is 5.23. The van der Waals surface area contributed by atoms with Crippen LogP contribution in [0.4, 0.5) is 0 Å². The zero-order chi connectivity index (χ0) is 10.7. The van der Waals surface area contributed by atoms with Crippen LogP contribution >= 0.6 is 0 Å². The first-order valence-electron chi connectivity index (χ1n) is 5.23. The van der Waals surface area contributed by atoms with Crippen molar-refractivity contribution in [2.24, 2.45) is 11.1 Å².